The summed E-state index contributed by atoms with van der Waals surface area (Å²) in [6, 6.07) is 10.3. The summed E-state index contributed by atoms with van der Waals surface area (Å²) in [5.41, 5.74) is 0. The van der Waals surface area contributed by atoms with Crippen molar-refractivity contribution in [3.63, 3.8) is 0 Å². The van der Waals surface area contributed by atoms with Crippen LogP contribution < -0.4 is 10.1 Å². The minimum Gasteiger partial charge on any atom is -0.492 e. The van der Waals surface area contributed by atoms with Gasteiger partial charge in [-0.3, -0.25) is 9.69 Å². The molecule has 0 bridgehead atoms. The molecule has 1 aromatic rings. The topological polar surface area (TPSA) is 44.8 Å². The van der Waals surface area contributed by atoms with Crippen molar-refractivity contribution in [2.75, 3.05) is 45.9 Å². The smallest absolute Gasteiger partial charge is 0.224 e. The summed E-state index contributed by atoms with van der Waals surface area (Å²) >= 11 is 0. The highest BCUT2D eigenvalue weighted by Gasteiger charge is 2.24. The molecule has 1 N–H and O–H groups in total. The first kappa shape index (κ1) is 16.3. The van der Waals surface area contributed by atoms with Crippen molar-refractivity contribution >= 4 is 5.91 Å². The fourth-order valence-electron chi connectivity index (χ4n) is 3.30. The molecule has 2 fully saturated rings. The molecule has 2 saturated heterocycles. The fourth-order valence-corrected chi connectivity index (χ4v) is 3.30. The van der Waals surface area contributed by atoms with E-state index in [0.717, 1.165) is 51.4 Å². The lowest BCUT2D eigenvalue weighted by molar-refractivity contribution is -0.133. The molecule has 1 aromatic carbocycles. The average molecular weight is 317 g/mol. The Morgan fingerprint density at radius 3 is 2.65 bits per heavy atom. The molecule has 23 heavy (non-hydrogen) atoms. The first-order valence-corrected chi connectivity index (χ1v) is 8.72. The Morgan fingerprint density at radius 1 is 1.17 bits per heavy atom. The Hall–Kier alpha value is -1.59. The van der Waals surface area contributed by atoms with Crippen LogP contribution in [0.3, 0.4) is 0 Å². The molecule has 3 rings (SSSR count). The molecule has 126 valence electrons. The number of nitrogens with zero attached hydrogens (tertiary/aromatic N) is 2. The van der Waals surface area contributed by atoms with Crippen LogP contribution in [-0.4, -0.2) is 67.6 Å². The van der Waals surface area contributed by atoms with E-state index in [1.54, 1.807) is 0 Å². The van der Waals surface area contributed by atoms with E-state index >= 15 is 0 Å². The number of ether oxygens (including phenoxy) is 1. The van der Waals surface area contributed by atoms with Gasteiger partial charge in [0, 0.05) is 45.2 Å². The highest BCUT2D eigenvalue weighted by atomic mass is 16.5. The highest BCUT2D eigenvalue weighted by molar-refractivity contribution is 5.77. The molecule has 0 saturated carbocycles. The van der Waals surface area contributed by atoms with Crippen LogP contribution in [0.1, 0.15) is 19.3 Å². The summed E-state index contributed by atoms with van der Waals surface area (Å²) in [6.07, 6.45) is 3.01. The second kappa shape index (κ2) is 8.31. The van der Waals surface area contributed by atoms with Gasteiger partial charge in [-0.2, -0.15) is 0 Å². The van der Waals surface area contributed by atoms with Gasteiger partial charge < -0.3 is 15.0 Å². The SMILES string of the molecule is O=C(CC1CCCN1)N1CCN(CCOc2ccccc2)CC1. The number of benzene rings is 1. The van der Waals surface area contributed by atoms with Crippen LogP contribution in [0.2, 0.25) is 0 Å². The molecule has 1 amide bonds. The number of hydrogen-bond donors (Lipinski definition) is 1. The maximum Gasteiger partial charge on any atom is 0.224 e. The highest BCUT2D eigenvalue weighted by Crippen LogP contribution is 2.12. The van der Waals surface area contributed by atoms with Crippen LogP contribution in [0.5, 0.6) is 5.75 Å². The molecule has 5 nitrogen and oxygen atoms in total. The van der Waals surface area contributed by atoms with E-state index in [2.05, 4.69) is 10.2 Å². The van der Waals surface area contributed by atoms with Crippen molar-refractivity contribution in [2.45, 2.75) is 25.3 Å². The van der Waals surface area contributed by atoms with Crippen LogP contribution in [0.15, 0.2) is 30.3 Å². The summed E-state index contributed by atoms with van der Waals surface area (Å²) in [5, 5.41) is 3.40. The molecule has 1 atom stereocenters. The average Bonchev–Trinajstić information content (AvgIpc) is 3.09. The van der Waals surface area contributed by atoms with Gasteiger partial charge in [0.2, 0.25) is 5.91 Å². The number of piperazine rings is 1. The minimum atomic E-state index is 0.310. The Kier molecular flexibility index (Phi) is 5.88. The maximum absolute atomic E-state index is 12.3. The van der Waals surface area contributed by atoms with Crippen LogP contribution in [-0.2, 0) is 4.79 Å². The van der Waals surface area contributed by atoms with Crippen LogP contribution >= 0.6 is 0 Å². The third-order valence-electron chi connectivity index (χ3n) is 4.73. The largest absolute Gasteiger partial charge is 0.492 e. The van der Waals surface area contributed by atoms with Gasteiger partial charge in [0.05, 0.1) is 0 Å². The number of carbonyl (C=O) groups is 1. The van der Waals surface area contributed by atoms with Crippen molar-refractivity contribution in [1.82, 2.24) is 15.1 Å². The molecular formula is C18H27N3O2. The van der Waals surface area contributed by atoms with Crippen LogP contribution in [0.25, 0.3) is 0 Å². The van der Waals surface area contributed by atoms with Crippen molar-refractivity contribution in [3.05, 3.63) is 30.3 Å². The molecular weight excluding hydrogens is 290 g/mol. The van der Waals surface area contributed by atoms with Gasteiger partial charge in [0.15, 0.2) is 0 Å². The van der Waals surface area contributed by atoms with Crippen molar-refractivity contribution in [1.29, 1.82) is 0 Å². The van der Waals surface area contributed by atoms with Crippen LogP contribution in [0.4, 0.5) is 0 Å². The number of nitrogens with one attached hydrogen (secondary N) is 1. The Bertz CT molecular complexity index is 480. The maximum atomic E-state index is 12.3. The molecule has 2 aliphatic heterocycles. The standard InChI is InChI=1S/C18H27N3O2/c22-18(15-16-5-4-8-19-16)21-11-9-20(10-12-21)13-14-23-17-6-2-1-3-7-17/h1-3,6-7,16,19H,4-5,8-15H2. The Labute approximate surface area is 138 Å². The van der Waals surface area contributed by atoms with Gasteiger partial charge >= 0.3 is 0 Å². The lowest BCUT2D eigenvalue weighted by atomic mass is 10.1. The third kappa shape index (κ3) is 4.94. The van der Waals surface area contributed by atoms with E-state index < -0.39 is 0 Å². The number of amides is 1. The van der Waals surface area contributed by atoms with E-state index in [0.29, 0.717) is 25.0 Å². The van der Waals surface area contributed by atoms with Gasteiger partial charge in [-0.05, 0) is 31.5 Å². The monoisotopic (exact) mass is 317 g/mol. The van der Waals surface area contributed by atoms with E-state index in [4.69, 9.17) is 4.74 Å². The van der Waals surface area contributed by atoms with Crippen LogP contribution in [0, 0.1) is 0 Å². The van der Waals surface area contributed by atoms with Gasteiger partial charge in [-0.1, -0.05) is 18.2 Å². The lowest BCUT2D eigenvalue weighted by Crippen LogP contribution is -2.50. The quantitative estimate of drug-likeness (QED) is 0.860. The zero-order chi connectivity index (χ0) is 15.9. The first-order valence-electron chi connectivity index (χ1n) is 8.72. The minimum absolute atomic E-state index is 0.310. The summed E-state index contributed by atoms with van der Waals surface area (Å²) < 4.78 is 5.74. The second-order valence-corrected chi connectivity index (χ2v) is 6.38. The lowest BCUT2D eigenvalue weighted by Gasteiger charge is -2.35. The van der Waals surface area contributed by atoms with Crippen molar-refractivity contribution < 1.29 is 9.53 Å². The third-order valence-corrected chi connectivity index (χ3v) is 4.73. The fraction of sp³-hybridized carbons (Fsp3) is 0.611. The van der Waals surface area contributed by atoms with Crippen molar-refractivity contribution in [2.24, 2.45) is 0 Å². The first-order chi connectivity index (χ1) is 11.3. The molecule has 0 radical (unpaired) electrons. The molecule has 5 heteroatoms. The summed E-state index contributed by atoms with van der Waals surface area (Å²) in [4.78, 5) is 16.7. The summed E-state index contributed by atoms with van der Waals surface area (Å²) in [7, 11) is 0. The van der Waals surface area contributed by atoms with E-state index in [-0.39, 0.29) is 0 Å². The Morgan fingerprint density at radius 2 is 1.96 bits per heavy atom. The molecule has 1 unspecified atom stereocenters. The van der Waals surface area contributed by atoms with E-state index in [1.165, 1.54) is 6.42 Å². The summed E-state index contributed by atoms with van der Waals surface area (Å²) in [6.45, 7) is 6.26. The second-order valence-electron chi connectivity index (χ2n) is 6.38. The zero-order valence-corrected chi connectivity index (χ0v) is 13.7. The predicted octanol–water partition coefficient (Wildman–Crippen LogP) is 1.35. The molecule has 2 heterocycles. The molecule has 2 aliphatic rings. The number of para-hydroxylation sites is 1. The predicted molar refractivity (Wildman–Crippen MR) is 90.6 cm³/mol. The number of carbonyl (C=O) groups excluding carboxylic acids is 1. The number of rotatable bonds is 6. The van der Waals surface area contributed by atoms with Gasteiger partial charge in [0.25, 0.3) is 0 Å². The van der Waals surface area contributed by atoms with Gasteiger partial charge in [0.1, 0.15) is 12.4 Å². The van der Waals surface area contributed by atoms with E-state index in [1.807, 2.05) is 35.2 Å². The van der Waals surface area contributed by atoms with Gasteiger partial charge in [-0.25, -0.2) is 0 Å². The molecule has 0 aromatic heterocycles. The zero-order valence-electron chi connectivity index (χ0n) is 13.7. The number of hydrogen-bond acceptors (Lipinski definition) is 4. The normalized spacial score (nSPS) is 22.3. The molecule has 0 aliphatic carbocycles. The summed E-state index contributed by atoms with van der Waals surface area (Å²) in [5.74, 6) is 1.23. The van der Waals surface area contributed by atoms with E-state index in [9.17, 15) is 4.79 Å². The van der Waals surface area contributed by atoms with Gasteiger partial charge in [-0.15, -0.1) is 0 Å². The van der Waals surface area contributed by atoms with Crippen molar-refractivity contribution in [3.8, 4) is 5.75 Å². The molecule has 0 spiro atoms. The Balaban J connectivity index is 1.32.